The Kier molecular flexibility index (Phi) is 5.42. The Morgan fingerprint density at radius 1 is 1.19 bits per heavy atom. The zero-order valence-corrected chi connectivity index (χ0v) is 12.5. The highest BCUT2D eigenvalue weighted by Crippen LogP contribution is 2.13. The van der Waals surface area contributed by atoms with Crippen LogP contribution in [0.25, 0.3) is 5.95 Å². The summed E-state index contributed by atoms with van der Waals surface area (Å²) in [4.78, 5) is 16.5. The molecule has 0 saturated carbocycles. The van der Waals surface area contributed by atoms with Gasteiger partial charge in [-0.25, -0.2) is 4.98 Å². The average Bonchev–Trinajstić information content (AvgIpc) is 2.98. The minimum Gasteiger partial charge on any atom is -0.368 e. The molecule has 0 saturated heterocycles. The predicted octanol–water partition coefficient (Wildman–Crippen LogP) is 1.81. The Morgan fingerprint density at radius 2 is 2.05 bits per heavy atom. The summed E-state index contributed by atoms with van der Waals surface area (Å²) < 4.78 is 1.46. The quantitative estimate of drug-likeness (QED) is 0.763. The van der Waals surface area contributed by atoms with Crippen LogP contribution in [-0.2, 0) is 0 Å². The van der Waals surface area contributed by atoms with Gasteiger partial charge < -0.3 is 11.1 Å². The molecule has 2 aromatic heterocycles. The van der Waals surface area contributed by atoms with Gasteiger partial charge in [-0.15, -0.1) is 0 Å². The summed E-state index contributed by atoms with van der Waals surface area (Å²) in [6.45, 7) is 4.36. The van der Waals surface area contributed by atoms with E-state index in [4.69, 9.17) is 5.73 Å². The third-order valence-corrected chi connectivity index (χ3v) is 3.14. The monoisotopic (exact) mass is 290 g/mol. The molecule has 21 heavy (non-hydrogen) atoms. The van der Waals surface area contributed by atoms with E-state index < -0.39 is 0 Å². The number of rotatable bonds is 8. The molecule has 0 aliphatic rings. The molecule has 2 heterocycles. The minimum atomic E-state index is 0.170. The van der Waals surface area contributed by atoms with E-state index in [9.17, 15) is 0 Å². The molecule has 2 aromatic rings. The number of hydrogen-bond acceptors (Lipinski definition) is 7. The standard InChI is InChI=1S/C13H22N8/c1-3-5-7-10(6-4-2)17-12-18-11(14)19-13(20-12)21-9-15-8-16-21/h8-10H,3-7H2,1-2H3,(H3,14,17,18,19,20). The van der Waals surface area contributed by atoms with Crippen LogP contribution in [0.15, 0.2) is 12.7 Å². The van der Waals surface area contributed by atoms with Crippen molar-refractivity contribution in [3.8, 4) is 5.95 Å². The highest BCUT2D eigenvalue weighted by Gasteiger charge is 2.12. The number of aromatic nitrogens is 6. The van der Waals surface area contributed by atoms with E-state index in [0.717, 1.165) is 19.3 Å². The van der Waals surface area contributed by atoms with Crippen LogP contribution < -0.4 is 11.1 Å². The lowest BCUT2D eigenvalue weighted by atomic mass is 10.1. The first kappa shape index (κ1) is 15.1. The van der Waals surface area contributed by atoms with Crippen molar-refractivity contribution in [3.05, 3.63) is 12.7 Å². The largest absolute Gasteiger partial charge is 0.368 e. The average molecular weight is 290 g/mol. The van der Waals surface area contributed by atoms with Crippen LogP contribution >= 0.6 is 0 Å². The van der Waals surface area contributed by atoms with Crippen molar-refractivity contribution in [2.45, 2.75) is 52.0 Å². The molecule has 0 amide bonds. The highest BCUT2D eigenvalue weighted by atomic mass is 15.4. The Morgan fingerprint density at radius 3 is 2.71 bits per heavy atom. The Bertz CT molecular complexity index is 539. The van der Waals surface area contributed by atoms with Crippen LogP contribution in [0.3, 0.4) is 0 Å². The summed E-state index contributed by atoms with van der Waals surface area (Å²) in [6.07, 6.45) is 8.57. The zero-order valence-electron chi connectivity index (χ0n) is 12.5. The Labute approximate surface area is 124 Å². The lowest BCUT2D eigenvalue weighted by Crippen LogP contribution is -2.22. The maximum Gasteiger partial charge on any atom is 0.258 e. The van der Waals surface area contributed by atoms with Gasteiger partial charge in [-0.2, -0.15) is 24.7 Å². The summed E-state index contributed by atoms with van der Waals surface area (Å²) in [6, 6.07) is 0.348. The maximum absolute atomic E-state index is 5.75. The number of anilines is 2. The maximum atomic E-state index is 5.75. The van der Waals surface area contributed by atoms with Crippen LogP contribution in [-0.4, -0.2) is 35.8 Å². The normalized spacial score (nSPS) is 12.3. The van der Waals surface area contributed by atoms with Gasteiger partial charge in [0.2, 0.25) is 11.9 Å². The van der Waals surface area contributed by atoms with Crippen LogP contribution in [0.1, 0.15) is 46.0 Å². The fourth-order valence-corrected chi connectivity index (χ4v) is 2.13. The molecule has 0 aliphatic heterocycles. The van der Waals surface area contributed by atoms with Gasteiger partial charge in [0.25, 0.3) is 5.95 Å². The second kappa shape index (κ2) is 7.51. The van der Waals surface area contributed by atoms with Crippen molar-refractivity contribution in [1.29, 1.82) is 0 Å². The molecule has 1 unspecified atom stereocenters. The summed E-state index contributed by atoms with van der Waals surface area (Å²) in [5.74, 6) is 1.03. The molecule has 0 aliphatic carbocycles. The molecule has 0 radical (unpaired) electrons. The van der Waals surface area contributed by atoms with Crippen molar-refractivity contribution in [2.24, 2.45) is 0 Å². The van der Waals surface area contributed by atoms with Gasteiger partial charge in [-0.1, -0.05) is 33.1 Å². The number of unbranched alkanes of at least 4 members (excludes halogenated alkanes) is 1. The molecule has 114 valence electrons. The highest BCUT2D eigenvalue weighted by molar-refractivity contribution is 5.35. The summed E-state index contributed by atoms with van der Waals surface area (Å²) in [7, 11) is 0. The Balaban J connectivity index is 2.14. The van der Waals surface area contributed by atoms with E-state index in [-0.39, 0.29) is 5.95 Å². The second-order valence-electron chi connectivity index (χ2n) is 4.93. The van der Waals surface area contributed by atoms with Crippen molar-refractivity contribution in [2.75, 3.05) is 11.1 Å². The van der Waals surface area contributed by atoms with Crippen molar-refractivity contribution in [1.82, 2.24) is 29.7 Å². The third-order valence-electron chi connectivity index (χ3n) is 3.14. The first-order chi connectivity index (χ1) is 10.2. The molecule has 2 rings (SSSR count). The first-order valence-electron chi connectivity index (χ1n) is 7.36. The van der Waals surface area contributed by atoms with Gasteiger partial charge in [0, 0.05) is 6.04 Å². The molecular weight excluding hydrogens is 268 g/mol. The molecule has 0 aromatic carbocycles. The summed E-state index contributed by atoms with van der Waals surface area (Å²) in [5, 5.41) is 7.36. The zero-order chi connectivity index (χ0) is 15.1. The van der Waals surface area contributed by atoms with Gasteiger partial charge >= 0.3 is 0 Å². The van der Waals surface area contributed by atoms with Gasteiger partial charge in [0.15, 0.2) is 0 Å². The topological polar surface area (TPSA) is 107 Å². The van der Waals surface area contributed by atoms with Crippen molar-refractivity contribution >= 4 is 11.9 Å². The lowest BCUT2D eigenvalue weighted by molar-refractivity contribution is 0.560. The number of nitrogen functional groups attached to an aromatic ring is 1. The smallest absolute Gasteiger partial charge is 0.258 e. The van der Waals surface area contributed by atoms with E-state index >= 15 is 0 Å². The fourth-order valence-electron chi connectivity index (χ4n) is 2.13. The van der Waals surface area contributed by atoms with Gasteiger partial charge in [0.05, 0.1) is 0 Å². The van der Waals surface area contributed by atoms with Crippen LogP contribution in [0.5, 0.6) is 0 Å². The predicted molar refractivity (Wildman–Crippen MR) is 81.0 cm³/mol. The van der Waals surface area contributed by atoms with Crippen LogP contribution in [0.4, 0.5) is 11.9 Å². The summed E-state index contributed by atoms with van der Waals surface area (Å²) in [5.41, 5.74) is 5.75. The van der Waals surface area contributed by atoms with Gasteiger partial charge in [0.1, 0.15) is 12.7 Å². The first-order valence-corrected chi connectivity index (χ1v) is 7.36. The van der Waals surface area contributed by atoms with Crippen LogP contribution in [0, 0.1) is 0 Å². The van der Waals surface area contributed by atoms with E-state index in [0.29, 0.717) is 17.9 Å². The molecular formula is C13H22N8. The van der Waals surface area contributed by atoms with E-state index in [1.165, 1.54) is 30.2 Å². The number of nitrogens with two attached hydrogens (primary N) is 1. The van der Waals surface area contributed by atoms with Gasteiger partial charge in [-0.3, -0.25) is 0 Å². The molecule has 0 bridgehead atoms. The molecule has 3 N–H and O–H groups in total. The minimum absolute atomic E-state index is 0.170. The SMILES string of the molecule is CCCCC(CCC)Nc1nc(N)nc(-n2cncn2)n1. The number of hydrogen-bond donors (Lipinski definition) is 2. The molecule has 0 spiro atoms. The van der Waals surface area contributed by atoms with E-state index in [1.807, 2.05) is 0 Å². The van der Waals surface area contributed by atoms with E-state index in [2.05, 4.69) is 44.2 Å². The lowest BCUT2D eigenvalue weighted by Gasteiger charge is -2.18. The second-order valence-corrected chi connectivity index (χ2v) is 4.93. The van der Waals surface area contributed by atoms with Gasteiger partial charge in [-0.05, 0) is 12.8 Å². The number of nitrogens with zero attached hydrogens (tertiary/aromatic N) is 6. The molecule has 8 nitrogen and oxygen atoms in total. The van der Waals surface area contributed by atoms with Crippen molar-refractivity contribution in [3.63, 3.8) is 0 Å². The summed E-state index contributed by atoms with van der Waals surface area (Å²) >= 11 is 0. The van der Waals surface area contributed by atoms with Crippen LogP contribution in [0.2, 0.25) is 0 Å². The molecule has 8 heteroatoms. The molecule has 1 atom stereocenters. The van der Waals surface area contributed by atoms with Crippen molar-refractivity contribution < 1.29 is 0 Å². The molecule has 0 fully saturated rings. The van der Waals surface area contributed by atoms with E-state index in [1.54, 1.807) is 0 Å². The number of nitrogens with one attached hydrogen (secondary N) is 1. The fraction of sp³-hybridized carbons (Fsp3) is 0.615. The Hall–Kier alpha value is -2.25. The third kappa shape index (κ3) is 4.37.